The molecule has 0 fully saturated rings. The van der Waals surface area contributed by atoms with E-state index in [1.54, 1.807) is 12.1 Å². The molecule has 1 N–H and O–H groups in total. The molecule has 0 radical (unpaired) electrons. The highest BCUT2D eigenvalue weighted by molar-refractivity contribution is 7.12. The highest BCUT2D eigenvalue weighted by Crippen LogP contribution is 2.24. The normalized spacial score (nSPS) is 11.0. The molecule has 2 aromatic heterocycles. The number of amides is 1. The van der Waals surface area contributed by atoms with Gasteiger partial charge >= 0.3 is 0 Å². The Morgan fingerprint density at radius 2 is 1.90 bits per heavy atom. The average molecular weight is 455 g/mol. The summed E-state index contributed by atoms with van der Waals surface area (Å²) < 4.78 is 15.5. The first kappa shape index (κ1) is 21.2. The molecule has 0 bridgehead atoms. The molecule has 0 unspecified atom stereocenters. The van der Waals surface area contributed by atoms with E-state index in [9.17, 15) is 9.18 Å². The van der Waals surface area contributed by atoms with Crippen molar-refractivity contribution < 1.29 is 9.18 Å². The zero-order valence-corrected chi connectivity index (χ0v) is 18.6. The molecule has 0 aliphatic rings. The first-order valence-electron chi connectivity index (χ1n) is 9.69. The van der Waals surface area contributed by atoms with Gasteiger partial charge in [-0.1, -0.05) is 35.9 Å². The fraction of sp³-hybridized carbons (Fsp3) is 0.174. The highest BCUT2D eigenvalue weighted by atomic mass is 35.5. The molecule has 0 aliphatic carbocycles. The summed E-state index contributed by atoms with van der Waals surface area (Å²) in [5, 5.41) is 10.5. The Labute approximate surface area is 188 Å². The summed E-state index contributed by atoms with van der Waals surface area (Å²) in [5.41, 5.74) is 5.00. The molecule has 4 aromatic rings. The number of hydrogen-bond donors (Lipinski definition) is 1. The van der Waals surface area contributed by atoms with Crippen LogP contribution in [0.4, 0.5) is 10.1 Å². The Hall–Kier alpha value is -3.03. The summed E-state index contributed by atoms with van der Waals surface area (Å²) >= 11 is 7.40. The van der Waals surface area contributed by atoms with Crippen LogP contribution in [0, 0.1) is 19.7 Å². The molecular weight excluding hydrogens is 435 g/mol. The number of para-hydroxylation sites is 1. The largest absolute Gasteiger partial charge is 0.323 e. The van der Waals surface area contributed by atoms with Gasteiger partial charge in [0.05, 0.1) is 23.5 Å². The Morgan fingerprint density at radius 1 is 1.16 bits per heavy atom. The Balaban J connectivity index is 1.49. The van der Waals surface area contributed by atoms with Crippen LogP contribution < -0.4 is 5.32 Å². The van der Waals surface area contributed by atoms with E-state index < -0.39 is 5.82 Å². The molecule has 4 rings (SSSR count). The van der Waals surface area contributed by atoms with E-state index >= 15 is 0 Å². The Morgan fingerprint density at radius 3 is 2.65 bits per heavy atom. The lowest BCUT2D eigenvalue weighted by atomic mass is 10.0. The lowest BCUT2D eigenvalue weighted by molar-refractivity contribution is -0.115. The molecular formula is C23H20ClFN4OS. The van der Waals surface area contributed by atoms with E-state index in [1.807, 2.05) is 48.2 Å². The number of aromatic nitrogens is 3. The smallest absolute Gasteiger partial charge is 0.230 e. The number of nitrogens with zero attached hydrogens (tertiary/aromatic N) is 3. The zero-order valence-electron chi connectivity index (χ0n) is 17.0. The van der Waals surface area contributed by atoms with E-state index in [4.69, 9.17) is 11.6 Å². The van der Waals surface area contributed by atoms with Crippen LogP contribution in [0.3, 0.4) is 0 Å². The fourth-order valence-electron chi connectivity index (χ4n) is 3.32. The number of carbonyl (C=O) groups excluding carboxylic acids is 1. The van der Waals surface area contributed by atoms with Gasteiger partial charge in [-0.05, 0) is 43.7 Å². The van der Waals surface area contributed by atoms with Crippen LogP contribution in [0.15, 0.2) is 53.9 Å². The van der Waals surface area contributed by atoms with Crippen LogP contribution in [-0.4, -0.2) is 20.7 Å². The van der Waals surface area contributed by atoms with Crippen molar-refractivity contribution >= 4 is 34.5 Å². The van der Waals surface area contributed by atoms with Crippen LogP contribution in [0.1, 0.15) is 28.2 Å². The topological polar surface area (TPSA) is 59.8 Å². The monoisotopic (exact) mass is 454 g/mol. The number of aryl methyl sites for hydroxylation is 1. The Kier molecular flexibility index (Phi) is 6.15. The first-order valence-corrected chi connectivity index (χ1v) is 10.9. The molecule has 1 amide bonds. The van der Waals surface area contributed by atoms with Gasteiger partial charge in [-0.3, -0.25) is 4.79 Å². The van der Waals surface area contributed by atoms with Gasteiger partial charge in [0.15, 0.2) is 0 Å². The van der Waals surface area contributed by atoms with Gasteiger partial charge < -0.3 is 5.32 Å². The molecule has 0 spiro atoms. The second kappa shape index (κ2) is 8.99. The molecule has 0 atom stereocenters. The molecule has 5 nitrogen and oxygen atoms in total. The van der Waals surface area contributed by atoms with Crippen molar-refractivity contribution in [2.24, 2.45) is 0 Å². The molecule has 0 saturated carbocycles. The van der Waals surface area contributed by atoms with Crippen LogP contribution in [0.2, 0.25) is 5.02 Å². The van der Waals surface area contributed by atoms with E-state index in [-0.39, 0.29) is 18.0 Å². The van der Waals surface area contributed by atoms with Crippen LogP contribution in [-0.2, 0) is 17.6 Å². The van der Waals surface area contributed by atoms with Gasteiger partial charge in [-0.15, -0.1) is 11.3 Å². The quantitative estimate of drug-likeness (QED) is 0.418. The van der Waals surface area contributed by atoms with Crippen molar-refractivity contribution in [2.75, 3.05) is 5.32 Å². The van der Waals surface area contributed by atoms with Crippen LogP contribution in [0.25, 0.3) is 5.13 Å². The lowest BCUT2D eigenvalue weighted by Gasteiger charge is -2.05. The summed E-state index contributed by atoms with van der Waals surface area (Å²) in [7, 11) is 0. The third-order valence-corrected chi connectivity index (χ3v) is 6.06. The van der Waals surface area contributed by atoms with E-state index in [1.165, 1.54) is 23.5 Å². The standard InChI is InChI=1S/C23H20ClFN4OS/c1-14-19(11-16-7-9-17(24)10-8-16)15(2)29(28-14)23-26-18(13-31-23)12-22(30)27-21-6-4-3-5-20(21)25/h3-10,13H,11-12H2,1-2H3,(H,27,30). The van der Waals surface area contributed by atoms with Gasteiger partial charge in [-0.2, -0.15) is 5.10 Å². The first-order chi connectivity index (χ1) is 14.9. The SMILES string of the molecule is Cc1nn(-c2nc(CC(=O)Nc3ccccc3F)cs2)c(C)c1Cc1ccc(Cl)cc1. The Bertz CT molecular complexity index is 1230. The third kappa shape index (κ3) is 4.84. The number of halogens is 2. The van der Waals surface area contributed by atoms with Crippen molar-refractivity contribution in [3.05, 3.63) is 93.0 Å². The second-order valence-electron chi connectivity index (χ2n) is 7.19. The number of benzene rings is 2. The maximum Gasteiger partial charge on any atom is 0.230 e. The average Bonchev–Trinajstić information content (AvgIpc) is 3.30. The minimum Gasteiger partial charge on any atom is -0.323 e. The summed E-state index contributed by atoms with van der Waals surface area (Å²) in [4.78, 5) is 16.9. The van der Waals surface area contributed by atoms with Crippen LogP contribution >= 0.6 is 22.9 Å². The summed E-state index contributed by atoms with van der Waals surface area (Å²) in [5.74, 6) is -0.788. The molecule has 0 aliphatic heterocycles. The van der Waals surface area contributed by atoms with Crippen molar-refractivity contribution in [1.29, 1.82) is 0 Å². The zero-order chi connectivity index (χ0) is 22.0. The highest BCUT2D eigenvalue weighted by Gasteiger charge is 2.17. The van der Waals surface area contributed by atoms with Crippen molar-refractivity contribution in [1.82, 2.24) is 14.8 Å². The van der Waals surface area contributed by atoms with Crippen molar-refractivity contribution in [3.63, 3.8) is 0 Å². The van der Waals surface area contributed by atoms with Gasteiger partial charge in [0.1, 0.15) is 5.82 Å². The predicted molar refractivity (Wildman–Crippen MR) is 122 cm³/mol. The van der Waals surface area contributed by atoms with E-state index in [0.29, 0.717) is 15.8 Å². The van der Waals surface area contributed by atoms with Crippen molar-refractivity contribution in [2.45, 2.75) is 26.7 Å². The minimum absolute atomic E-state index is 0.0573. The summed E-state index contributed by atoms with van der Waals surface area (Å²) in [6, 6.07) is 13.9. The maximum atomic E-state index is 13.7. The number of hydrogen-bond acceptors (Lipinski definition) is 4. The maximum absolute atomic E-state index is 13.7. The summed E-state index contributed by atoms with van der Waals surface area (Å²) in [6.45, 7) is 3.99. The number of rotatable bonds is 6. The van der Waals surface area contributed by atoms with Gasteiger partial charge in [0.2, 0.25) is 11.0 Å². The number of thiazole rings is 1. The molecule has 2 aromatic carbocycles. The van der Waals surface area contributed by atoms with E-state index in [2.05, 4.69) is 15.4 Å². The summed E-state index contributed by atoms with van der Waals surface area (Å²) in [6.07, 6.45) is 0.805. The lowest BCUT2D eigenvalue weighted by Crippen LogP contribution is -2.15. The number of anilines is 1. The minimum atomic E-state index is -0.467. The van der Waals surface area contributed by atoms with Crippen LogP contribution in [0.5, 0.6) is 0 Å². The second-order valence-corrected chi connectivity index (χ2v) is 8.46. The molecule has 158 valence electrons. The molecule has 2 heterocycles. The van der Waals surface area contributed by atoms with Gasteiger partial charge in [0.25, 0.3) is 0 Å². The molecule has 31 heavy (non-hydrogen) atoms. The number of nitrogens with one attached hydrogen (secondary N) is 1. The third-order valence-electron chi connectivity index (χ3n) is 4.95. The molecule has 8 heteroatoms. The number of carbonyl (C=O) groups is 1. The molecule has 0 saturated heterocycles. The fourth-order valence-corrected chi connectivity index (χ4v) is 4.27. The predicted octanol–water partition coefficient (Wildman–Crippen LogP) is 5.51. The van der Waals surface area contributed by atoms with Gasteiger partial charge in [-0.25, -0.2) is 14.1 Å². The van der Waals surface area contributed by atoms with Gasteiger partial charge in [0, 0.05) is 28.1 Å². The van der Waals surface area contributed by atoms with E-state index in [0.717, 1.165) is 28.9 Å². The van der Waals surface area contributed by atoms with Crippen molar-refractivity contribution in [3.8, 4) is 5.13 Å².